The molecule has 0 bridgehead atoms. The van der Waals surface area contributed by atoms with Gasteiger partial charge >= 0.3 is 17.9 Å². The molecule has 0 N–H and O–H groups in total. The highest BCUT2D eigenvalue weighted by Gasteiger charge is 2.48. The summed E-state index contributed by atoms with van der Waals surface area (Å²) in [4.78, 5) is 51.3. The van der Waals surface area contributed by atoms with Gasteiger partial charge in [0, 0.05) is 31.4 Å². The molecule has 3 aromatic heterocycles. The predicted octanol–water partition coefficient (Wildman–Crippen LogP) is 8.62. The van der Waals surface area contributed by atoms with Crippen LogP contribution in [0.25, 0.3) is 0 Å². The maximum absolute atomic E-state index is 13.1. The SMILES string of the molecule is C=C1/C(=C\C=C2/CCCC3(C)C(C/C=C/C(OC(=O)c4ccccn4)C4CC4)CCC23)CC(OC(=O)c2ccccn2)CC1OC(=O)c1ccccn1. The fourth-order valence-corrected chi connectivity index (χ4v) is 8.50. The van der Waals surface area contributed by atoms with Gasteiger partial charge in [0.25, 0.3) is 0 Å². The first-order valence-electron chi connectivity index (χ1n) is 18.9. The second-order valence-electron chi connectivity index (χ2n) is 15.0. The summed E-state index contributed by atoms with van der Waals surface area (Å²) >= 11 is 0. The first kappa shape index (κ1) is 36.2. The fraction of sp³-hybridized carbons (Fsp3) is 0.409. The number of nitrogens with zero attached hydrogens (tertiary/aromatic N) is 3. The Bertz CT molecular complexity index is 1890. The van der Waals surface area contributed by atoms with Crippen LogP contribution in [0.5, 0.6) is 0 Å². The van der Waals surface area contributed by atoms with Crippen molar-refractivity contribution in [2.24, 2.45) is 23.2 Å². The number of carbonyl (C=O) groups excluding carboxylic acids is 3. The summed E-state index contributed by atoms with van der Waals surface area (Å²) in [6.07, 6.45) is 21.5. The number of fused-ring (bicyclic) bond motifs is 1. The Morgan fingerprint density at radius 2 is 1.49 bits per heavy atom. The zero-order valence-electron chi connectivity index (χ0n) is 30.3. The Morgan fingerprint density at radius 3 is 2.11 bits per heavy atom. The lowest BCUT2D eigenvalue weighted by Crippen LogP contribution is -2.34. The van der Waals surface area contributed by atoms with Crippen molar-refractivity contribution in [3.05, 3.63) is 138 Å². The Balaban J connectivity index is 1.05. The van der Waals surface area contributed by atoms with Crippen LogP contribution >= 0.6 is 0 Å². The number of allylic oxidation sites excluding steroid dienone is 4. The Labute approximate surface area is 311 Å². The highest BCUT2D eigenvalue weighted by atomic mass is 16.6. The summed E-state index contributed by atoms with van der Waals surface area (Å²) < 4.78 is 17.8. The molecule has 0 radical (unpaired) electrons. The summed E-state index contributed by atoms with van der Waals surface area (Å²) in [5.74, 6) is -0.0577. The first-order valence-corrected chi connectivity index (χ1v) is 18.9. The van der Waals surface area contributed by atoms with Crippen molar-refractivity contribution in [3.8, 4) is 0 Å². The maximum atomic E-state index is 13.1. The van der Waals surface area contributed by atoms with E-state index in [1.165, 1.54) is 12.0 Å². The quantitative estimate of drug-likeness (QED) is 0.109. The van der Waals surface area contributed by atoms with Crippen LogP contribution < -0.4 is 0 Å². The van der Waals surface area contributed by atoms with Crippen molar-refractivity contribution in [1.29, 1.82) is 0 Å². The first-order chi connectivity index (χ1) is 25.8. The van der Waals surface area contributed by atoms with Crippen LogP contribution in [0.15, 0.2) is 121 Å². The number of pyridine rings is 3. The predicted molar refractivity (Wildman–Crippen MR) is 200 cm³/mol. The van der Waals surface area contributed by atoms with E-state index in [1.807, 2.05) is 0 Å². The van der Waals surface area contributed by atoms with E-state index in [0.717, 1.165) is 50.5 Å². The summed E-state index contributed by atoms with van der Waals surface area (Å²) in [6, 6.07) is 15.5. The van der Waals surface area contributed by atoms with E-state index in [-0.39, 0.29) is 28.9 Å². The lowest BCUT2D eigenvalue weighted by molar-refractivity contribution is 0.00146. The minimum absolute atomic E-state index is 0.164. The van der Waals surface area contributed by atoms with Crippen LogP contribution in [-0.2, 0) is 14.2 Å². The smallest absolute Gasteiger partial charge is 0.357 e. The van der Waals surface area contributed by atoms with Crippen LogP contribution in [0, 0.1) is 23.2 Å². The molecule has 4 aliphatic carbocycles. The molecule has 0 saturated heterocycles. The Morgan fingerprint density at radius 1 is 0.849 bits per heavy atom. The van der Waals surface area contributed by atoms with Gasteiger partial charge in [-0.2, -0.15) is 0 Å². The molecule has 6 unspecified atom stereocenters. The Hall–Kier alpha value is -5.18. The number of carbonyl (C=O) groups is 3. The number of hydrogen-bond acceptors (Lipinski definition) is 9. The third-order valence-electron chi connectivity index (χ3n) is 11.6. The highest BCUT2D eigenvalue weighted by molar-refractivity contribution is 5.88. The van der Waals surface area contributed by atoms with Gasteiger partial charge in [-0.25, -0.2) is 29.3 Å². The van der Waals surface area contributed by atoms with Crippen molar-refractivity contribution in [2.45, 2.75) is 89.4 Å². The highest BCUT2D eigenvalue weighted by Crippen LogP contribution is 2.58. The van der Waals surface area contributed by atoms with Gasteiger partial charge < -0.3 is 14.2 Å². The van der Waals surface area contributed by atoms with Gasteiger partial charge in [-0.3, -0.25) is 0 Å². The van der Waals surface area contributed by atoms with Gasteiger partial charge in [0.2, 0.25) is 0 Å². The summed E-state index contributed by atoms with van der Waals surface area (Å²) in [6.45, 7) is 6.81. The van der Waals surface area contributed by atoms with E-state index in [4.69, 9.17) is 14.2 Å². The molecule has 9 nitrogen and oxygen atoms in total. The van der Waals surface area contributed by atoms with Gasteiger partial charge in [-0.1, -0.05) is 55.5 Å². The van der Waals surface area contributed by atoms with Crippen LogP contribution in [0.4, 0.5) is 0 Å². The van der Waals surface area contributed by atoms with E-state index >= 15 is 0 Å². The molecule has 4 fully saturated rings. The molecule has 0 spiro atoms. The van der Waals surface area contributed by atoms with Crippen molar-refractivity contribution in [3.63, 3.8) is 0 Å². The summed E-state index contributed by atoms with van der Waals surface area (Å²) in [7, 11) is 0. The number of ether oxygens (including phenoxy) is 3. The van der Waals surface area contributed by atoms with E-state index in [2.05, 4.69) is 52.8 Å². The minimum Gasteiger partial charge on any atom is -0.457 e. The zero-order valence-corrected chi connectivity index (χ0v) is 30.3. The van der Waals surface area contributed by atoms with E-state index in [0.29, 0.717) is 41.9 Å². The van der Waals surface area contributed by atoms with Gasteiger partial charge in [0.05, 0.1) is 0 Å². The lowest BCUT2D eigenvalue weighted by Gasteiger charge is -2.42. The van der Waals surface area contributed by atoms with Gasteiger partial charge in [0.15, 0.2) is 0 Å². The molecule has 3 aromatic rings. The van der Waals surface area contributed by atoms with E-state index in [9.17, 15) is 14.4 Å². The fourth-order valence-electron chi connectivity index (χ4n) is 8.50. The van der Waals surface area contributed by atoms with Crippen molar-refractivity contribution < 1.29 is 28.6 Å². The number of hydrogen-bond donors (Lipinski definition) is 0. The maximum Gasteiger partial charge on any atom is 0.357 e. The van der Waals surface area contributed by atoms with Crippen LogP contribution in [0.3, 0.4) is 0 Å². The summed E-state index contributed by atoms with van der Waals surface area (Å²) in [5.41, 5.74) is 3.98. The van der Waals surface area contributed by atoms with Crippen LogP contribution in [-0.4, -0.2) is 51.2 Å². The lowest BCUT2D eigenvalue weighted by atomic mass is 9.63. The molecular weight excluding hydrogens is 666 g/mol. The summed E-state index contributed by atoms with van der Waals surface area (Å²) in [5, 5.41) is 0. The molecule has 53 heavy (non-hydrogen) atoms. The van der Waals surface area contributed by atoms with Crippen molar-refractivity contribution in [2.75, 3.05) is 0 Å². The zero-order chi connectivity index (χ0) is 36.8. The molecule has 4 saturated carbocycles. The molecule has 0 amide bonds. The number of esters is 3. The molecule has 7 rings (SSSR count). The van der Waals surface area contributed by atoms with Crippen LogP contribution in [0.2, 0.25) is 0 Å². The molecule has 274 valence electrons. The Kier molecular flexibility index (Phi) is 11.1. The average molecular weight is 714 g/mol. The monoisotopic (exact) mass is 713 g/mol. The topological polar surface area (TPSA) is 118 Å². The largest absolute Gasteiger partial charge is 0.457 e. The third-order valence-corrected chi connectivity index (χ3v) is 11.6. The molecule has 4 aliphatic rings. The molecule has 6 atom stereocenters. The van der Waals surface area contributed by atoms with Gasteiger partial charge in [-0.15, -0.1) is 0 Å². The molecular formula is C44H47N3O6. The van der Waals surface area contributed by atoms with Gasteiger partial charge in [-0.05, 0) is 128 Å². The number of aromatic nitrogens is 3. The van der Waals surface area contributed by atoms with Crippen LogP contribution in [0.1, 0.15) is 103 Å². The van der Waals surface area contributed by atoms with Crippen molar-refractivity contribution in [1.82, 2.24) is 15.0 Å². The average Bonchev–Trinajstić information content (AvgIpc) is 3.98. The van der Waals surface area contributed by atoms with E-state index in [1.54, 1.807) is 73.2 Å². The second kappa shape index (κ2) is 16.2. The molecule has 3 heterocycles. The third kappa shape index (κ3) is 8.56. The van der Waals surface area contributed by atoms with Crippen molar-refractivity contribution >= 4 is 17.9 Å². The van der Waals surface area contributed by atoms with Gasteiger partial charge in [0.1, 0.15) is 35.4 Å². The second-order valence-corrected chi connectivity index (χ2v) is 15.0. The number of rotatable bonds is 11. The normalized spacial score (nSPS) is 27.7. The standard InChI is InChI=1S/C44H47N3O6/c1-29-32(27-34(51-41(48)36-13-3-6-24-45-36)28-40(29)53-43(50)38-15-5-8-26-47-38)20-17-30-11-10-23-44(2)33(21-22-35(30)44)12-9-16-39(31-18-19-31)52-42(49)37-14-4-7-25-46-37/h3-9,13-17,20,24-26,31,33-35,39-40H,1,10-12,18-19,21-23,27-28H2,2H3/b16-9+,30-17+,32-20-. The molecule has 0 aliphatic heterocycles. The molecule has 0 aromatic carbocycles. The molecule has 9 heteroatoms. The van der Waals surface area contributed by atoms with E-state index < -0.39 is 24.1 Å². The minimum atomic E-state index is -0.675.